The van der Waals surface area contributed by atoms with Gasteiger partial charge in [0.15, 0.2) is 5.58 Å². The number of benzene rings is 4. The van der Waals surface area contributed by atoms with Crippen molar-refractivity contribution >= 4 is 43.9 Å². The SMILES string of the molecule is Cc1ccc(-c2nc3c(c4ccccc4n3-c3ccccc3)c3c2oc2ccccc23)cc1. The molecule has 3 heteroatoms. The number of fused-ring (bicyclic) bond motifs is 7. The molecule has 0 saturated heterocycles. The highest BCUT2D eigenvalue weighted by Crippen LogP contribution is 2.43. The van der Waals surface area contributed by atoms with E-state index in [-0.39, 0.29) is 0 Å². The number of nitrogens with zero attached hydrogens (tertiary/aromatic N) is 2. The third-order valence-electron chi connectivity index (χ3n) is 6.47. The molecule has 0 unspecified atom stereocenters. The lowest BCUT2D eigenvalue weighted by molar-refractivity contribution is 0.668. The number of hydrogen-bond acceptors (Lipinski definition) is 2. The summed E-state index contributed by atoms with van der Waals surface area (Å²) in [6.45, 7) is 2.10. The van der Waals surface area contributed by atoms with E-state index >= 15 is 0 Å². The van der Waals surface area contributed by atoms with Crippen molar-refractivity contribution in [2.75, 3.05) is 0 Å². The van der Waals surface area contributed by atoms with Crippen molar-refractivity contribution < 1.29 is 4.42 Å². The fourth-order valence-electron chi connectivity index (χ4n) is 4.94. The Morgan fingerprint density at radius 2 is 1.36 bits per heavy atom. The lowest BCUT2D eigenvalue weighted by Crippen LogP contribution is -1.96. The second kappa shape index (κ2) is 6.81. The number of rotatable bonds is 2. The van der Waals surface area contributed by atoms with Crippen molar-refractivity contribution in [2.24, 2.45) is 0 Å². The van der Waals surface area contributed by atoms with Crippen LogP contribution in [0.3, 0.4) is 0 Å². The summed E-state index contributed by atoms with van der Waals surface area (Å²) in [5.74, 6) is 0. The van der Waals surface area contributed by atoms with Crippen molar-refractivity contribution in [2.45, 2.75) is 6.92 Å². The highest BCUT2D eigenvalue weighted by molar-refractivity contribution is 6.28. The van der Waals surface area contributed by atoms with Crippen molar-refractivity contribution in [1.29, 1.82) is 0 Å². The molecule has 7 rings (SSSR count). The van der Waals surface area contributed by atoms with Gasteiger partial charge in [0.2, 0.25) is 0 Å². The third-order valence-corrected chi connectivity index (χ3v) is 6.47. The van der Waals surface area contributed by atoms with E-state index in [1.54, 1.807) is 0 Å². The average molecular weight is 425 g/mol. The second-order valence-electron chi connectivity index (χ2n) is 8.52. The summed E-state index contributed by atoms with van der Waals surface area (Å²) in [6, 6.07) is 35.8. The van der Waals surface area contributed by atoms with Gasteiger partial charge >= 0.3 is 0 Å². The van der Waals surface area contributed by atoms with Gasteiger partial charge in [0.25, 0.3) is 0 Å². The van der Waals surface area contributed by atoms with Gasteiger partial charge in [-0.3, -0.25) is 4.57 Å². The molecule has 3 nitrogen and oxygen atoms in total. The van der Waals surface area contributed by atoms with Crippen molar-refractivity contribution in [1.82, 2.24) is 9.55 Å². The van der Waals surface area contributed by atoms with Gasteiger partial charge in [-0.05, 0) is 31.2 Å². The van der Waals surface area contributed by atoms with Crippen LogP contribution in [0.5, 0.6) is 0 Å². The lowest BCUT2D eigenvalue weighted by Gasteiger charge is -2.09. The summed E-state index contributed by atoms with van der Waals surface area (Å²) in [5.41, 5.74) is 8.04. The minimum Gasteiger partial charge on any atom is -0.454 e. The van der Waals surface area contributed by atoms with Crippen LogP contribution in [0, 0.1) is 6.92 Å². The molecule has 3 heterocycles. The Labute approximate surface area is 190 Å². The summed E-state index contributed by atoms with van der Waals surface area (Å²) in [4.78, 5) is 5.28. The summed E-state index contributed by atoms with van der Waals surface area (Å²) in [5, 5.41) is 4.54. The molecule has 3 aromatic heterocycles. The Morgan fingerprint density at radius 1 is 0.667 bits per heavy atom. The van der Waals surface area contributed by atoms with Gasteiger partial charge < -0.3 is 4.42 Å². The first kappa shape index (κ1) is 18.2. The molecule has 33 heavy (non-hydrogen) atoms. The maximum Gasteiger partial charge on any atom is 0.162 e. The zero-order valence-corrected chi connectivity index (χ0v) is 18.1. The van der Waals surface area contributed by atoms with E-state index in [4.69, 9.17) is 9.40 Å². The predicted octanol–water partition coefficient (Wildman–Crippen LogP) is 8.05. The van der Waals surface area contributed by atoms with E-state index in [1.807, 2.05) is 18.2 Å². The van der Waals surface area contributed by atoms with Crippen LogP contribution < -0.4 is 0 Å². The fraction of sp³-hybridized carbons (Fsp3) is 0.0333. The number of aryl methyl sites for hydroxylation is 1. The quantitative estimate of drug-likeness (QED) is 0.281. The monoisotopic (exact) mass is 424 g/mol. The van der Waals surface area contributed by atoms with E-state index in [9.17, 15) is 0 Å². The molecule has 0 radical (unpaired) electrons. The highest BCUT2D eigenvalue weighted by atomic mass is 16.3. The van der Waals surface area contributed by atoms with Gasteiger partial charge in [0.1, 0.15) is 16.9 Å². The van der Waals surface area contributed by atoms with Crippen LogP contribution in [0.1, 0.15) is 5.56 Å². The number of hydrogen-bond donors (Lipinski definition) is 0. The number of furan rings is 1. The normalized spacial score (nSPS) is 11.8. The lowest BCUT2D eigenvalue weighted by atomic mass is 10.0. The molecule has 0 aliphatic rings. The molecule has 0 amide bonds. The van der Waals surface area contributed by atoms with Crippen LogP contribution in [-0.2, 0) is 0 Å². The third kappa shape index (κ3) is 2.60. The van der Waals surface area contributed by atoms with Gasteiger partial charge in [-0.25, -0.2) is 4.98 Å². The maximum atomic E-state index is 6.47. The Bertz CT molecular complexity index is 1810. The molecule has 4 aromatic carbocycles. The van der Waals surface area contributed by atoms with Crippen molar-refractivity contribution in [3.05, 3.63) is 109 Å². The molecule has 0 aliphatic heterocycles. The van der Waals surface area contributed by atoms with Crippen LogP contribution in [0.4, 0.5) is 0 Å². The Kier molecular flexibility index (Phi) is 3.76. The largest absolute Gasteiger partial charge is 0.454 e. The number of aromatic nitrogens is 2. The Morgan fingerprint density at radius 3 is 2.18 bits per heavy atom. The van der Waals surface area contributed by atoms with Crippen molar-refractivity contribution in [3.8, 4) is 16.9 Å². The smallest absolute Gasteiger partial charge is 0.162 e. The minimum absolute atomic E-state index is 0.837. The molecular formula is C30H20N2O. The van der Waals surface area contributed by atoms with Crippen LogP contribution >= 0.6 is 0 Å². The summed E-state index contributed by atoms with van der Waals surface area (Å²) in [6.07, 6.45) is 0. The number of para-hydroxylation sites is 3. The van der Waals surface area contributed by atoms with E-state index < -0.39 is 0 Å². The summed E-state index contributed by atoms with van der Waals surface area (Å²) < 4.78 is 8.74. The number of pyridine rings is 1. The van der Waals surface area contributed by atoms with Gasteiger partial charge in [-0.2, -0.15) is 0 Å². The van der Waals surface area contributed by atoms with E-state index in [0.29, 0.717) is 0 Å². The molecule has 0 saturated carbocycles. The molecular weight excluding hydrogens is 404 g/mol. The van der Waals surface area contributed by atoms with E-state index in [0.717, 1.165) is 55.4 Å². The standard InChI is InChI=1S/C30H20N2O/c1-19-15-17-20(18-16-19)28-29-26(23-12-6-8-14-25(23)33-29)27-22-11-5-7-13-24(22)32(30(27)31-28)21-9-3-2-4-10-21/h2-18H,1H3. The Hall–Kier alpha value is -4.37. The van der Waals surface area contributed by atoms with E-state index in [1.165, 1.54) is 10.9 Å². The van der Waals surface area contributed by atoms with Crippen molar-refractivity contribution in [3.63, 3.8) is 0 Å². The first-order chi connectivity index (χ1) is 16.3. The Balaban J connectivity index is 1.76. The topological polar surface area (TPSA) is 31.0 Å². The van der Waals surface area contributed by atoms with Crippen LogP contribution in [0.15, 0.2) is 108 Å². The predicted molar refractivity (Wildman–Crippen MR) is 136 cm³/mol. The van der Waals surface area contributed by atoms with Gasteiger partial charge in [0.05, 0.1) is 5.52 Å². The van der Waals surface area contributed by atoms with Crippen LogP contribution in [0.2, 0.25) is 0 Å². The van der Waals surface area contributed by atoms with Gasteiger partial charge in [-0.1, -0.05) is 84.4 Å². The molecule has 0 aliphatic carbocycles. The molecule has 0 spiro atoms. The first-order valence-electron chi connectivity index (χ1n) is 11.2. The van der Waals surface area contributed by atoms with Crippen LogP contribution in [-0.4, -0.2) is 9.55 Å². The molecule has 0 bridgehead atoms. The van der Waals surface area contributed by atoms with Gasteiger partial charge in [0, 0.05) is 32.8 Å². The molecule has 156 valence electrons. The first-order valence-corrected chi connectivity index (χ1v) is 11.2. The zero-order chi connectivity index (χ0) is 21.9. The fourth-order valence-corrected chi connectivity index (χ4v) is 4.94. The zero-order valence-electron chi connectivity index (χ0n) is 18.1. The average Bonchev–Trinajstić information content (AvgIpc) is 3.40. The molecule has 0 atom stereocenters. The second-order valence-corrected chi connectivity index (χ2v) is 8.52. The summed E-state index contributed by atoms with van der Waals surface area (Å²) in [7, 11) is 0. The summed E-state index contributed by atoms with van der Waals surface area (Å²) >= 11 is 0. The van der Waals surface area contributed by atoms with Gasteiger partial charge in [-0.15, -0.1) is 0 Å². The maximum absolute atomic E-state index is 6.47. The molecule has 0 N–H and O–H groups in total. The minimum atomic E-state index is 0.837. The molecule has 7 aromatic rings. The highest BCUT2D eigenvalue weighted by Gasteiger charge is 2.23. The van der Waals surface area contributed by atoms with E-state index in [2.05, 4.69) is 96.4 Å². The van der Waals surface area contributed by atoms with Crippen LogP contribution in [0.25, 0.3) is 60.8 Å². The molecule has 0 fully saturated rings.